The van der Waals surface area contributed by atoms with Gasteiger partial charge in [0.2, 0.25) is 0 Å². The highest BCUT2D eigenvalue weighted by molar-refractivity contribution is 6.39. The maximum atomic E-state index is 11.9. The van der Waals surface area contributed by atoms with Crippen LogP contribution in [0.2, 0.25) is 0 Å². The van der Waals surface area contributed by atoms with E-state index in [2.05, 4.69) is 15.8 Å². The molecule has 3 aromatic rings. The molecule has 7 nitrogen and oxygen atoms in total. The summed E-state index contributed by atoms with van der Waals surface area (Å²) in [4.78, 5) is 35.6. The summed E-state index contributed by atoms with van der Waals surface area (Å²) in [6.07, 6.45) is 4.39. The molecule has 0 aliphatic carbocycles. The standard InChI is InChI=1S/C25H21N3O4/c1-18-7-12-21(13-8-18)27-24(30)25(31)28-26-17-20-9-14-22(15-10-20)32-23(29)16-11-19-5-3-2-4-6-19/h2-17H,1H3,(H,27,30)(H,28,31). The molecule has 0 aliphatic heterocycles. The van der Waals surface area contributed by atoms with Crippen molar-refractivity contribution in [1.29, 1.82) is 0 Å². The largest absolute Gasteiger partial charge is 0.423 e. The van der Waals surface area contributed by atoms with Crippen LogP contribution in [0.3, 0.4) is 0 Å². The van der Waals surface area contributed by atoms with Crippen LogP contribution in [-0.4, -0.2) is 24.0 Å². The van der Waals surface area contributed by atoms with E-state index in [9.17, 15) is 14.4 Å². The molecule has 0 radical (unpaired) electrons. The Kier molecular flexibility index (Phi) is 7.64. The molecule has 3 rings (SSSR count). The summed E-state index contributed by atoms with van der Waals surface area (Å²) in [5, 5.41) is 6.25. The van der Waals surface area contributed by atoms with Crippen molar-refractivity contribution < 1.29 is 19.1 Å². The van der Waals surface area contributed by atoms with Crippen molar-refractivity contribution in [2.24, 2.45) is 5.10 Å². The molecule has 7 heteroatoms. The number of benzene rings is 3. The predicted molar refractivity (Wildman–Crippen MR) is 123 cm³/mol. The Morgan fingerprint density at radius 2 is 1.50 bits per heavy atom. The summed E-state index contributed by atoms with van der Waals surface area (Å²) >= 11 is 0. The van der Waals surface area contributed by atoms with Crippen LogP contribution in [0.1, 0.15) is 16.7 Å². The van der Waals surface area contributed by atoms with Crippen LogP contribution in [0.4, 0.5) is 5.69 Å². The van der Waals surface area contributed by atoms with E-state index < -0.39 is 17.8 Å². The first-order valence-corrected chi connectivity index (χ1v) is 9.76. The number of ether oxygens (including phenoxy) is 1. The number of nitrogens with zero attached hydrogens (tertiary/aromatic N) is 1. The number of amides is 2. The summed E-state index contributed by atoms with van der Waals surface area (Å²) in [7, 11) is 0. The second-order valence-corrected chi connectivity index (χ2v) is 6.75. The smallest absolute Gasteiger partial charge is 0.336 e. The summed E-state index contributed by atoms with van der Waals surface area (Å²) in [6.45, 7) is 1.92. The third-order valence-electron chi connectivity index (χ3n) is 4.21. The van der Waals surface area contributed by atoms with E-state index in [-0.39, 0.29) is 0 Å². The van der Waals surface area contributed by atoms with Gasteiger partial charge in [-0.2, -0.15) is 5.10 Å². The number of carbonyl (C=O) groups excluding carboxylic acids is 3. The fourth-order valence-corrected chi connectivity index (χ4v) is 2.54. The second-order valence-electron chi connectivity index (χ2n) is 6.75. The Bertz CT molecular complexity index is 1140. The van der Waals surface area contributed by atoms with Gasteiger partial charge in [0.25, 0.3) is 0 Å². The van der Waals surface area contributed by atoms with Crippen molar-refractivity contribution in [2.45, 2.75) is 6.92 Å². The zero-order valence-electron chi connectivity index (χ0n) is 17.3. The van der Waals surface area contributed by atoms with Gasteiger partial charge in [-0.15, -0.1) is 0 Å². The topological polar surface area (TPSA) is 96.9 Å². The fourth-order valence-electron chi connectivity index (χ4n) is 2.54. The number of hydrazone groups is 1. The first-order valence-electron chi connectivity index (χ1n) is 9.76. The lowest BCUT2D eigenvalue weighted by molar-refractivity contribution is -0.136. The lowest BCUT2D eigenvalue weighted by atomic mass is 10.2. The van der Waals surface area contributed by atoms with Gasteiger partial charge in [-0.05, 0) is 60.5 Å². The molecule has 0 atom stereocenters. The minimum absolute atomic E-state index is 0.367. The zero-order valence-corrected chi connectivity index (χ0v) is 17.3. The van der Waals surface area contributed by atoms with Crippen LogP contribution in [0, 0.1) is 6.92 Å². The van der Waals surface area contributed by atoms with Gasteiger partial charge in [0.15, 0.2) is 0 Å². The van der Waals surface area contributed by atoms with Crippen molar-refractivity contribution in [2.75, 3.05) is 5.32 Å². The summed E-state index contributed by atoms with van der Waals surface area (Å²) < 4.78 is 5.24. The Balaban J connectivity index is 1.46. The first-order chi connectivity index (χ1) is 15.5. The third kappa shape index (κ3) is 7.07. The monoisotopic (exact) mass is 427 g/mol. The number of esters is 1. The highest BCUT2D eigenvalue weighted by Gasteiger charge is 2.12. The molecule has 0 aliphatic rings. The van der Waals surface area contributed by atoms with Crippen LogP contribution in [-0.2, 0) is 14.4 Å². The summed E-state index contributed by atoms with van der Waals surface area (Å²) in [6, 6.07) is 23.0. The molecule has 0 aromatic heterocycles. The molecule has 0 bridgehead atoms. The predicted octanol–water partition coefficient (Wildman–Crippen LogP) is 3.70. The average Bonchev–Trinajstić information content (AvgIpc) is 2.81. The highest BCUT2D eigenvalue weighted by Crippen LogP contribution is 2.12. The van der Waals surface area contributed by atoms with Crippen LogP contribution in [0.5, 0.6) is 5.75 Å². The average molecular weight is 427 g/mol. The van der Waals surface area contributed by atoms with Crippen molar-refractivity contribution >= 4 is 35.8 Å². The number of hydrogen-bond acceptors (Lipinski definition) is 5. The van der Waals surface area contributed by atoms with Crippen LogP contribution < -0.4 is 15.5 Å². The Hall–Kier alpha value is -4.52. The number of anilines is 1. The van der Waals surface area contributed by atoms with E-state index in [1.54, 1.807) is 42.5 Å². The molecule has 0 fully saturated rings. The minimum Gasteiger partial charge on any atom is -0.423 e. The van der Waals surface area contributed by atoms with E-state index in [0.717, 1.165) is 11.1 Å². The molecule has 0 saturated heterocycles. The third-order valence-corrected chi connectivity index (χ3v) is 4.21. The highest BCUT2D eigenvalue weighted by atomic mass is 16.5. The molecule has 160 valence electrons. The van der Waals surface area contributed by atoms with E-state index >= 15 is 0 Å². The van der Waals surface area contributed by atoms with E-state index in [0.29, 0.717) is 17.0 Å². The normalized spacial score (nSPS) is 10.8. The van der Waals surface area contributed by atoms with Crippen molar-refractivity contribution in [3.63, 3.8) is 0 Å². The molecule has 3 aromatic carbocycles. The number of nitrogens with one attached hydrogen (secondary N) is 2. The maximum Gasteiger partial charge on any atom is 0.336 e. The quantitative estimate of drug-likeness (QED) is 0.157. The van der Waals surface area contributed by atoms with E-state index in [1.807, 2.05) is 49.4 Å². The van der Waals surface area contributed by atoms with Crippen LogP contribution in [0.25, 0.3) is 6.08 Å². The second kappa shape index (κ2) is 11.0. The molecule has 32 heavy (non-hydrogen) atoms. The van der Waals surface area contributed by atoms with Crippen LogP contribution >= 0.6 is 0 Å². The van der Waals surface area contributed by atoms with Gasteiger partial charge in [0.05, 0.1) is 6.21 Å². The summed E-state index contributed by atoms with van der Waals surface area (Å²) in [5.74, 6) is -1.84. The van der Waals surface area contributed by atoms with Crippen molar-refractivity contribution in [1.82, 2.24) is 5.43 Å². The Morgan fingerprint density at radius 3 is 2.19 bits per heavy atom. The van der Waals surface area contributed by atoms with Gasteiger partial charge >= 0.3 is 17.8 Å². The van der Waals surface area contributed by atoms with Gasteiger partial charge in [0, 0.05) is 11.8 Å². The van der Waals surface area contributed by atoms with E-state index in [4.69, 9.17) is 4.74 Å². The number of aryl methyl sites for hydroxylation is 1. The van der Waals surface area contributed by atoms with Crippen LogP contribution in [0.15, 0.2) is 90.0 Å². The molecule has 0 saturated carbocycles. The first kappa shape index (κ1) is 22.2. The maximum absolute atomic E-state index is 11.9. The SMILES string of the molecule is Cc1ccc(NC(=O)C(=O)NN=Cc2ccc(OC(=O)C=Cc3ccccc3)cc2)cc1. The van der Waals surface area contributed by atoms with Crippen molar-refractivity contribution in [3.05, 3.63) is 102 Å². The fraction of sp³-hybridized carbons (Fsp3) is 0.0400. The number of carbonyl (C=O) groups is 3. The Morgan fingerprint density at radius 1 is 0.812 bits per heavy atom. The molecule has 0 spiro atoms. The molecule has 2 N–H and O–H groups in total. The zero-order chi connectivity index (χ0) is 22.8. The molecular formula is C25H21N3O4. The lowest BCUT2D eigenvalue weighted by Gasteiger charge is -2.04. The lowest BCUT2D eigenvalue weighted by Crippen LogP contribution is -2.32. The molecule has 0 heterocycles. The Labute approximate surface area is 185 Å². The van der Waals surface area contributed by atoms with E-state index in [1.165, 1.54) is 12.3 Å². The molecule has 2 amide bonds. The van der Waals surface area contributed by atoms with Gasteiger partial charge in [-0.25, -0.2) is 10.2 Å². The van der Waals surface area contributed by atoms with Gasteiger partial charge in [-0.1, -0.05) is 48.0 Å². The molecule has 0 unspecified atom stereocenters. The van der Waals surface area contributed by atoms with Crippen molar-refractivity contribution in [3.8, 4) is 5.75 Å². The minimum atomic E-state index is -0.891. The number of hydrogen-bond donors (Lipinski definition) is 2. The van der Waals surface area contributed by atoms with Gasteiger partial charge < -0.3 is 10.1 Å². The number of rotatable bonds is 6. The van der Waals surface area contributed by atoms with Gasteiger partial charge in [-0.3, -0.25) is 9.59 Å². The molecular weight excluding hydrogens is 406 g/mol. The summed E-state index contributed by atoms with van der Waals surface area (Å²) in [5.41, 5.74) is 5.26. The van der Waals surface area contributed by atoms with Gasteiger partial charge in [0.1, 0.15) is 5.75 Å².